The first-order chi connectivity index (χ1) is 11.9. The van der Waals surface area contributed by atoms with Gasteiger partial charge >= 0.3 is 0 Å². The van der Waals surface area contributed by atoms with Crippen LogP contribution in [0.1, 0.15) is 10.4 Å². The molecule has 1 aromatic heterocycles. The predicted molar refractivity (Wildman–Crippen MR) is 90.1 cm³/mol. The van der Waals surface area contributed by atoms with Crippen LogP contribution in [0.5, 0.6) is 0 Å². The molecular weight excluding hydrogens is 351 g/mol. The number of aromatic amines is 1. The second kappa shape index (κ2) is 6.24. The van der Waals surface area contributed by atoms with Crippen LogP contribution in [0, 0.1) is 20.7 Å². The Hall–Kier alpha value is -3.40. The summed E-state index contributed by atoms with van der Waals surface area (Å²) < 4.78 is 14.0. The van der Waals surface area contributed by atoms with Crippen LogP contribution < -0.4 is 11.0 Å². The van der Waals surface area contributed by atoms with E-state index < -0.39 is 22.2 Å². The fourth-order valence-corrected chi connectivity index (χ4v) is 2.43. The van der Waals surface area contributed by atoms with Crippen molar-refractivity contribution in [2.75, 3.05) is 5.43 Å². The number of carbonyl (C=O) groups excluding carboxylic acids is 1. The van der Waals surface area contributed by atoms with Gasteiger partial charge in [0.15, 0.2) is 4.77 Å². The lowest BCUT2D eigenvalue weighted by Gasteiger charge is -2.09. The zero-order chi connectivity index (χ0) is 18.1. The van der Waals surface area contributed by atoms with Crippen LogP contribution in [-0.2, 0) is 0 Å². The van der Waals surface area contributed by atoms with Gasteiger partial charge in [0.2, 0.25) is 0 Å². The molecule has 3 rings (SSSR count). The van der Waals surface area contributed by atoms with E-state index in [1.807, 2.05) is 0 Å². The summed E-state index contributed by atoms with van der Waals surface area (Å²) in [7, 11) is 0. The lowest BCUT2D eigenvalue weighted by molar-refractivity contribution is -0.384. The molecule has 0 saturated heterocycles. The van der Waals surface area contributed by atoms with Crippen molar-refractivity contribution in [1.82, 2.24) is 9.66 Å². The van der Waals surface area contributed by atoms with Crippen LogP contribution in [0.3, 0.4) is 0 Å². The van der Waals surface area contributed by atoms with Crippen molar-refractivity contribution in [3.8, 4) is 0 Å². The second-order valence-corrected chi connectivity index (χ2v) is 5.39. The van der Waals surface area contributed by atoms with E-state index in [2.05, 4.69) is 10.4 Å². The van der Waals surface area contributed by atoms with Crippen LogP contribution in [0.15, 0.2) is 47.3 Å². The van der Waals surface area contributed by atoms with E-state index in [0.717, 1.165) is 22.9 Å². The van der Waals surface area contributed by atoms with Crippen molar-refractivity contribution in [2.45, 2.75) is 0 Å². The van der Waals surface area contributed by atoms with Crippen molar-refractivity contribution >= 4 is 34.7 Å². The SMILES string of the molecule is O=C(Nn1c(=S)[nH]c2ccc(F)cc2c1=O)c1ccc([N+](=O)[O-])cc1. The highest BCUT2D eigenvalue weighted by Gasteiger charge is 2.13. The standard InChI is InChI=1S/C15H9FN4O4S/c16-9-3-6-12-11(7-9)14(22)19(15(25)17-12)18-13(21)8-1-4-10(5-2-8)20(23)24/h1-7H,(H,17,25)(H,18,21). The number of amides is 1. The van der Waals surface area contributed by atoms with E-state index in [1.165, 1.54) is 24.3 Å². The van der Waals surface area contributed by atoms with Gasteiger partial charge in [-0.15, -0.1) is 0 Å². The molecule has 0 atom stereocenters. The smallest absolute Gasteiger partial charge is 0.281 e. The van der Waals surface area contributed by atoms with Gasteiger partial charge in [0.05, 0.1) is 15.8 Å². The van der Waals surface area contributed by atoms with Crippen molar-refractivity contribution in [3.05, 3.63) is 79.1 Å². The molecule has 0 bridgehead atoms. The number of aromatic nitrogens is 2. The molecule has 0 aliphatic carbocycles. The Morgan fingerprint density at radius 1 is 1.24 bits per heavy atom. The van der Waals surface area contributed by atoms with Gasteiger partial charge in [0.25, 0.3) is 17.2 Å². The number of hydrogen-bond acceptors (Lipinski definition) is 5. The minimum absolute atomic E-state index is 0.0117. The van der Waals surface area contributed by atoms with Gasteiger partial charge in [-0.2, -0.15) is 4.68 Å². The number of benzene rings is 2. The molecular formula is C15H9FN4O4S. The molecule has 0 radical (unpaired) electrons. The lowest BCUT2D eigenvalue weighted by atomic mass is 10.2. The Morgan fingerprint density at radius 2 is 1.92 bits per heavy atom. The largest absolute Gasteiger partial charge is 0.330 e. The number of nitrogens with zero attached hydrogens (tertiary/aromatic N) is 2. The minimum Gasteiger partial charge on any atom is -0.330 e. The molecule has 0 saturated carbocycles. The second-order valence-electron chi connectivity index (χ2n) is 5.01. The summed E-state index contributed by atoms with van der Waals surface area (Å²) in [5.74, 6) is -1.31. The summed E-state index contributed by atoms with van der Waals surface area (Å²) >= 11 is 5.03. The summed E-state index contributed by atoms with van der Waals surface area (Å²) in [5.41, 5.74) is 1.84. The van der Waals surface area contributed by atoms with Gasteiger partial charge in [-0.05, 0) is 42.5 Å². The molecule has 0 unspecified atom stereocenters. The maximum Gasteiger partial charge on any atom is 0.281 e. The van der Waals surface area contributed by atoms with Crippen LogP contribution in [0.4, 0.5) is 10.1 Å². The van der Waals surface area contributed by atoms with Gasteiger partial charge in [-0.1, -0.05) is 0 Å². The number of nitro benzene ring substituents is 1. The third-order valence-corrected chi connectivity index (χ3v) is 3.70. The van der Waals surface area contributed by atoms with Crippen molar-refractivity contribution in [1.29, 1.82) is 0 Å². The number of H-pyrrole nitrogens is 1. The molecule has 0 fully saturated rings. The molecule has 0 spiro atoms. The topological polar surface area (TPSA) is 110 Å². The van der Waals surface area contributed by atoms with Crippen molar-refractivity contribution in [2.24, 2.45) is 0 Å². The fraction of sp³-hybridized carbons (Fsp3) is 0. The van der Waals surface area contributed by atoms with Gasteiger partial charge in [-0.3, -0.25) is 25.1 Å². The van der Waals surface area contributed by atoms with E-state index in [1.54, 1.807) is 0 Å². The highest BCUT2D eigenvalue weighted by Crippen LogP contribution is 2.12. The van der Waals surface area contributed by atoms with E-state index in [4.69, 9.17) is 12.2 Å². The maximum absolute atomic E-state index is 13.3. The molecule has 0 aliphatic rings. The molecule has 126 valence electrons. The minimum atomic E-state index is -0.702. The molecule has 25 heavy (non-hydrogen) atoms. The first-order valence-corrected chi connectivity index (χ1v) is 7.28. The number of rotatable bonds is 3. The zero-order valence-corrected chi connectivity index (χ0v) is 13.2. The third kappa shape index (κ3) is 3.15. The highest BCUT2D eigenvalue weighted by atomic mass is 32.1. The number of hydrogen-bond donors (Lipinski definition) is 2. The molecule has 1 amide bonds. The van der Waals surface area contributed by atoms with E-state index in [-0.39, 0.29) is 21.4 Å². The molecule has 2 aromatic carbocycles. The van der Waals surface area contributed by atoms with Gasteiger partial charge in [0, 0.05) is 17.7 Å². The average Bonchev–Trinajstić information content (AvgIpc) is 2.59. The molecule has 3 aromatic rings. The van der Waals surface area contributed by atoms with Crippen molar-refractivity contribution in [3.63, 3.8) is 0 Å². The monoisotopic (exact) mass is 360 g/mol. The molecule has 0 aliphatic heterocycles. The van der Waals surface area contributed by atoms with Crippen LogP contribution in [-0.4, -0.2) is 20.5 Å². The Labute approximate surface area is 143 Å². The summed E-state index contributed by atoms with van der Waals surface area (Å²) in [6.07, 6.45) is 0. The number of non-ortho nitro benzene ring substituents is 1. The Balaban J connectivity index is 1.99. The Morgan fingerprint density at radius 3 is 2.56 bits per heavy atom. The molecule has 2 N–H and O–H groups in total. The number of halogens is 1. The van der Waals surface area contributed by atoms with Gasteiger partial charge in [0.1, 0.15) is 5.82 Å². The first kappa shape index (κ1) is 16.5. The summed E-state index contributed by atoms with van der Waals surface area (Å²) in [5, 5.41) is 10.6. The summed E-state index contributed by atoms with van der Waals surface area (Å²) in [6, 6.07) is 8.37. The Kier molecular flexibility index (Phi) is 4.11. The van der Waals surface area contributed by atoms with Gasteiger partial charge < -0.3 is 4.98 Å². The average molecular weight is 360 g/mol. The molecule has 10 heteroatoms. The van der Waals surface area contributed by atoms with Crippen molar-refractivity contribution < 1.29 is 14.1 Å². The third-order valence-electron chi connectivity index (χ3n) is 3.41. The molecule has 8 nitrogen and oxygen atoms in total. The normalized spacial score (nSPS) is 10.6. The van der Waals surface area contributed by atoms with E-state index in [0.29, 0.717) is 5.52 Å². The number of carbonyl (C=O) groups is 1. The number of nitrogens with one attached hydrogen (secondary N) is 2. The van der Waals surface area contributed by atoms with E-state index in [9.17, 15) is 24.1 Å². The quantitative estimate of drug-likeness (QED) is 0.424. The summed E-state index contributed by atoms with van der Waals surface area (Å²) in [4.78, 5) is 37.4. The maximum atomic E-state index is 13.3. The fourth-order valence-electron chi connectivity index (χ4n) is 2.19. The van der Waals surface area contributed by atoms with E-state index >= 15 is 0 Å². The zero-order valence-electron chi connectivity index (χ0n) is 12.4. The first-order valence-electron chi connectivity index (χ1n) is 6.87. The lowest BCUT2D eigenvalue weighted by Crippen LogP contribution is -2.34. The van der Waals surface area contributed by atoms with Crippen LogP contribution in [0.25, 0.3) is 10.9 Å². The Bertz CT molecular complexity index is 1120. The molecule has 1 heterocycles. The van der Waals surface area contributed by atoms with Gasteiger partial charge in [-0.25, -0.2) is 4.39 Å². The predicted octanol–water partition coefficient (Wildman–Crippen LogP) is 2.49. The summed E-state index contributed by atoms with van der Waals surface area (Å²) in [6.45, 7) is 0. The highest BCUT2D eigenvalue weighted by molar-refractivity contribution is 7.71. The number of nitro groups is 1. The number of fused-ring (bicyclic) bond motifs is 1. The van der Waals surface area contributed by atoms with Crippen LogP contribution in [0.2, 0.25) is 0 Å². The van der Waals surface area contributed by atoms with Crippen LogP contribution >= 0.6 is 12.2 Å².